The van der Waals surface area contributed by atoms with E-state index in [0.717, 1.165) is 11.1 Å². The largest absolute Gasteiger partial charge is 0.454 e. The molecule has 0 amide bonds. The van der Waals surface area contributed by atoms with Crippen molar-refractivity contribution in [1.29, 1.82) is 5.26 Å². The lowest BCUT2D eigenvalue weighted by molar-refractivity contribution is -0.137. The third-order valence-electron chi connectivity index (χ3n) is 3.43. The van der Waals surface area contributed by atoms with Crippen LogP contribution >= 0.6 is 0 Å². The summed E-state index contributed by atoms with van der Waals surface area (Å²) in [6, 6.07) is 17.6. The molecule has 0 spiro atoms. The van der Waals surface area contributed by atoms with E-state index < -0.39 is 5.97 Å². The quantitative estimate of drug-likeness (QED) is 0.607. The van der Waals surface area contributed by atoms with Crippen molar-refractivity contribution in [3.05, 3.63) is 59.7 Å². The Morgan fingerprint density at radius 1 is 1.05 bits per heavy atom. The number of benzene rings is 2. The number of ether oxygens (including phenoxy) is 1. The summed E-state index contributed by atoms with van der Waals surface area (Å²) in [6.45, 7) is 0.209. The second-order valence-corrected chi connectivity index (χ2v) is 4.44. The maximum atomic E-state index is 11.0. The Kier molecular flexibility index (Phi) is 2.77. The molecule has 3 nitrogen and oxygen atoms in total. The topological polar surface area (TPSA) is 50.1 Å². The van der Waals surface area contributed by atoms with Crippen molar-refractivity contribution in [2.24, 2.45) is 0 Å². The fourth-order valence-electron chi connectivity index (χ4n) is 2.63. The van der Waals surface area contributed by atoms with Crippen molar-refractivity contribution < 1.29 is 9.53 Å². The van der Waals surface area contributed by atoms with Gasteiger partial charge in [-0.05, 0) is 22.3 Å². The Labute approximate surface area is 111 Å². The zero-order valence-corrected chi connectivity index (χ0v) is 10.2. The van der Waals surface area contributed by atoms with Gasteiger partial charge < -0.3 is 4.74 Å². The van der Waals surface area contributed by atoms with Gasteiger partial charge in [0.15, 0.2) is 6.07 Å². The average molecular weight is 249 g/mol. The Hall–Kier alpha value is -2.60. The molecule has 0 unspecified atom stereocenters. The van der Waals surface area contributed by atoms with Crippen molar-refractivity contribution >= 4 is 5.97 Å². The SMILES string of the molecule is N#CC(=O)OCC1c2ccccc2-c2ccccc21. The minimum atomic E-state index is -0.832. The number of rotatable bonds is 2. The Bertz CT molecular complexity index is 640. The van der Waals surface area contributed by atoms with Crippen molar-refractivity contribution in [2.75, 3.05) is 6.61 Å². The fraction of sp³-hybridized carbons (Fsp3) is 0.125. The number of hydrogen-bond acceptors (Lipinski definition) is 3. The van der Waals surface area contributed by atoms with Gasteiger partial charge in [0, 0.05) is 5.92 Å². The average Bonchev–Trinajstić information content (AvgIpc) is 2.79. The summed E-state index contributed by atoms with van der Waals surface area (Å²) in [4.78, 5) is 11.0. The highest BCUT2D eigenvalue weighted by Gasteiger charge is 2.28. The second-order valence-electron chi connectivity index (χ2n) is 4.44. The summed E-state index contributed by atoms with van der Waals surface area (Å²) < 4.78 is 4.99. The molecule has 0 saturated heterocycles. The van der Waals surface area contributed by atoms with E-state index in [-0.39, 0.29) is 12.5 Å². The molecule has 2 aromatic carbocycles. The lowest BCUT2D eigenvalue weighted by atomic mass is 9.98. The van der Waals surface area contributed by atoms with Gasteiger partial charge in [-0.2, -0.15) is 5.26 Å². The molecule has 2 aromatic rings. The molecule has 0 aromatic heterocycles. The van der Waals surface area contributed by atoms with E-state index in [1.807, 2.05) is 36.4 Å². The van der Waals surface area contributed by atoms with Gasteiger partial charge in [0.05, 0.1) is 0 Å². The number of carbonyl (C=O) groups is 1. The first-order valence-electron chi connectivity index (χ1n) is 6.06. The van der Waals surface area contributed by atoms with E-state index in [2.05, 4.69) is 12.1 Å². The van der Waals surface area contributed by atoms with E-state index in [9.17, 15) is 4.79 Å². The predicted molar refractivity (Wildman–Crippen MR) is 70.3 cm³/mol. The number of carbonyl (C=O) groups excluding carboxylic acids is 1. The van der Waals surface area contributed by atoms with Gasteiger partial charge in [-0.25, -0.2) is 4.79 Å². The molecular formula is C16H11NO2. The molecule has 0 aliphatic heterocycles. The van der Waals surface area contributed by atoms with E-state index in [1.54, 1.807) is 0 Å². The first-order chi connectivity index (χ1) is 9.31. The zero-order valence-electron chi connectivity index (χ0n) is 10.2. The van der Waals surface area contributed by atoms with Gasteiger partial charge in [0.2, 0.25) is 0 Å². The minimum absolute atomic E-state index is 0.0182. The zero-order chi connectivity index (χ0) is 13.2. The monoisotopic (exact) mass is 249 g/mol. The Morgan fingerprint density at radius 3 is 2.11 bits per heavy atom. The van der Waals surface area contributed by atoms with Crippen LogP contribution in [0.4, 0.5) is 0 Å². The first kappa shape index (κ1) is 11.5. The highest BCUT2D eigenvalue weighted by Crippen LogP contribution is 2.44. The van der Waals surface area contributed by atoms with Gasteiger partial charge in [0.25, 0.3) is 0 Å². The summed E-state index contributed by atoms with van der Waals surface area (Å²) >= 11 is 0. The number of hydrogen-bond donors (Lipinski definition) is 0. The van der Waals surface area contributed by atoms with Crippen LogP contribution in [-0.4, -0.2) is 12.6 Å². The highest BCUT2D eigenvalue weighted by atomic mass is 16.5. The van der Waals surface area contributed by atoms with Crippen molar-refractivity contribution in [3.63, 3.8) is 0 Å². The molecule has 19 heavy (non-hydrogen) atoms. The van der Waals surface area contributed by atoms with Crippen LogP contribution in [0.25, 0.3) is 11.1 Å². The molecule has 0 fully saturated rings. The molecule has 3 rings (SSSR count). The lowest BCUT2D eigenvalue weighted by Crippen LogP contribution is -2.10. The molecule has 92 valence electrons. The summed E-state index contributed by atoms with van der Waals surface area (Å²) in [5, 5.41) is 8.47. The standard InChI is InChI=1S/C16H11NO2/c17-9-16(18)19-10-15-13-7-3-1-5-11(13)12-6-2-4-8-14(12)15/h1-8,15H,10H2. The van der Waals surface area contributed by atoms with Gasteiger partial charge in [-0.15, -0.1) is 0 Å². The molecule has 0 N–H and O–H groups in total. The smallest absolute Gasteiger partial charge is 0.411 e. The van der Waals surface area contributed by atoms with Crippen molar-refractivity contribution in [2.45, 2.75) is 5.92 Å². The van der Waals surface area contributed by atoms with Gasteiger partial charge in [-0.3, -0.25) is 0 Å². The van der Waals surface area contributed by atoms with Crippen molar-refractivity contribution in [3.8, 4) is 17.2 Å². The number of nitrogens with zero attached hydrogens (tertiary/aromatic N) is 1. The minimum Gasteiger partial charge on any atom is -0.454 e. The molecule has 3 heteroatoms. The predicted octanol–water partition coefficient (Wildman–Crippen LogP) is 2.87. The van der Waals surface area contributed by atoms with Crippen LogP contribution in [0.15, 0.2) is 48.5 Å². The van der Waals surface area contributed by atoms with Crippen LogP contribution < -0.4 is 0 Å². The van der Waals surface area contributed by atoms with E-state index >= 15 is 0 Å². The van der Waals surface area contributed by atoms with Crippen LogP contribution in [0.3, 0.4) is 0 Å². The summed E-state index contributed by atoms with van der Waals surface area (Å²) in [7, 11) is 0. The third-order valence-corrected chi connectivity index (χ3v) is 3.43. The van der Waals surface area contributed by atoms with Gasteiger partial charge >= 0.3 is 5.97 Å². The lowest BCUT2D eigenvalue weighted by Gasteiger charge is -2.12. The van der Waals surface area contributed by atoms with E-state index in [1.165, 1.54) is 17.2 Å². The normalized spacial score (nSPS) is 12.4. The first-order valence-corrected chi connectivity index (χ1v) is 6.06. The number of nitriles is 1. The van der Waals surface area contributed by atoms with E-state index in [0.29, 0.717) is 0 Å². The van der Waals surface area contributed by atoms with Gasteiger partial charge in [-0.1, -0.05) is 48.5 Å². The Morgan fingerprint density at radius 2 is 1.58 bits per heavy atom. The van der Waals surface area contributed by atoms with Crippen LogP contribution in [0, 0.1) is 11.3 Å². The maximum Gasteiger partial charge on any atom is 0.411 e. The molecule has 1 aliphatic rings. The molecule has 0 atom stereocenters. The van der Waals surface area contributed by atoms with Crippen LogP contribution in [0.2, 0.25) is 0 Å². The summed E-state index contributed by atoms with van der Waals surface area (Å²) in [5.41, 5.74) is 4.65. The Balaban J connectivity index is 2.01. The molecule has 0 heterocycles. The number of esters is 1. The number of fused-ring (bicyclic) bond motifs is 3. The van der Waals surface area contributed by atoms with Crippen molar-refractivity contribution in [1.82, 2.24) is 0 Å². The molecule has 0 saturated carbocycles. The van der Waals surface area contributed by atoms with Crippen LogP contribution in [0.5, 0.6) is 0 Å². The van der Waals surface area contributed by atoms with Crippen LogP contribution in [-0.2, 0) is 9.53 Å². The fourth-order valence-corrected chi connectivity index (χ4v) is 2.63. The van der Waals surface area contributed by atoms with Gasteiger partial charge in [0.1, 0.15) is 6.61 Å². The third kappa shape index (κ3) is 1.88. The van der Waals surface area contributed by atoms with E-state index in [4.69, 9.17) is 10.00 Å². The molecule has 1 aliphatic carbocycles. The maximum absolute atomic E-state index is 11.0. The second kappa shape index (κ2) is 4.58. The summed E-state index contributed by atoms with van der Waals surface area (Å²) in [5.74, 6) is -0.813. The molecule has 0 radical (unpaired) electrons. The molecular weight excluding hydrogens is 238 g/mol. The van der Waals surface area contributed by atoms with Crippen LogP contribution in [0.1, 0.15) is 17.0 Å². The summed E-state index contributed by atoms with van der Waals surface area (Å²) in [6.07, 6.45) is 0. The molecule has 0 bridgehead atoms. The highest BCUT2D eigenvalue weighted by molar-refractivity contribution is 5.86.